The van der Waals surface area contributed by atoms with E-state index in [9.17, 15) is 45.6 Å². The molecule has 14 heteroatoms. The molecule has 0 aromatic carbocycles. The Kier molecular flexibility index (Phi) is 9.80. The average molecular weight is 699 g/mol. The number of aliphatic hydroxyl groups excluding tert-OH is 7. The number of rotatable bonds is 7. The third-order valence-corrected chi connectivity index (χ3v) is 14.2. The first-order valence-corrected chi connectivity index (χ1v) is 18.1. The van der Waals surface area contributed by atoms with E-state index in [1.54, 1.807) is 6.08 Å². The Morgan fingerprint density at radius 2 is 1.47 bits per heavy atom. The first-order valence-electron chi connectivity index (χ1n) is 18.1. The standard InChI is InChI=1S/C35H54O14/c1-33-8-5-18(46-31-29(43)27(41)30(23(14-37)48-31)49-32-28(42)26(40)25(39)22(13-36)47-32)12-17(33)3-4-21-20(33)6-9-34(2)19(7-10-35(21,34)44)16-11-24(38)45-15-16/h11,17-23,25-32,36-37,39-44H,3-10,12-15H2,1-2H3/t17?,18?,19-,20+,21-,22?,23?,25?,26?,27?,28?,29?,30?,31?,32?,33+,34-,35+/m1/s1. The first kappa shape index (κ1) is 36.1. The van der Waals surface area contributed by atoms with Crippen LogP contribution in [0.4, 0.5) is 0 Å². The summed E-state index contributed by atoms with van der Waals surface area (Å²) >= 11 is 0. The van der Waals surface area contributed by atoms with Gasteiger partial charge in [-0.05, 0) is 92.4 Å². The van der Waals surface area contributed by atoms with Gasteiger partial charge in [0.15, 0.2) is 12.6 Å². The van der Waals surface area contributed by atoms with Crippen LogP contribution in [0.1, 0.15) is 71.6 Å². The number of ether oxygens (including phenoxy) is 5. The zero-order valence-corrected chi connectivity index (χ0v) is 28.3. The van der Waals surface area contributed by atoms with E-state index in [0.29, 0.717) is 24.9 Å². The summed E-state index contributed by atoms with van der Waals surface area (Å²) in [6.45, 7) is 3.60. The second-order valence-corrected chi connectivity index (χ2v) is 16.3. The number of cyclic esters (lactones) is 1. The fourth-order valence-corrected chi connectivity index (χ4v) is 11.4. The van der Waals surface area contributed by atoms with Crippen molar-refractivity contribution in [2.75, 3.05) is 19.8 Å². The van der Waals surface area contributed by atoms with Crippen molar-refractivity contribution in [3.63, 3.8) is 0 Å². The highest BCUT2D eigenvalue weighted by molar-refractivity contribution is 5.85. The van der Waals surface area contributed by atoms with E-state index in [2.05, 4.69) is 13.8 Å². The largest absolute Gasteiger partial charge is 0.458 e. The molecule has 0 spiro atoms. The number of fused-ring (bicyclic) bond motifs is 5. The molecule has 0 bridgehead atoms. The van der Waals surface area contributed by atoms with Crippen molar-refractivity contribution in [1.82, 2.24) is 0 Å². The number of hydrogen-bond acceptors (Lipinski definition) is 14. The minimum atomic E-state index is -1.74. The van der Waals surface area contributed by atoms with Crippen LogP contribution in [-0.4, -0.2) is 140 Å². The molecule has 6 fully saturated rings. The molecule has 4 saturated carbocycles. The Hall–Kier alpha value is -1.27. The molecule has 49 heavy (non-hydrogen) atoms. The van der Waals surface area contributed by atoms with Gasteiger partial charge in [0.2, 0.25) is 0 Å². The van der Waals surface area contributed by atoms with Crippen LogP contribution in [-0.2, 0) is 28.5 Å². The second-order valence-electron chi connectivity index (χ2n) is 16.3. The molecule has 3 aliphatic heterocycles. The van der Waals surface area contributed by atoms with Gasteiger partial charge >= 0.3 is 5.97 Å². The van der Waals surface area contributed by atoms with Crippen LogP contribution in [0.2, 0.25) is 0 Å². The van der Waals surface area contributed by atoms with Crippen molar-refractivity contribution in [2.24, 2.45) is 34.5 Å². The molecule has 0 aromatic heterocycles. The minimum absolute atomic E-state index is 0.00679. The smallest absolute Gasteiger partial charge is 0.331 e. The lowest BCUT2D eigenvalue weighted by molar-refractivity contribution is -0.364. The Labute approximate surface area is 285 Å². The van der Waals surface area contributed by atoms with Gasteiger partial charge in [0.25, 0.3) is 0 Å². The first-order chi connectivity index (χ1) is 23.3. The van der Waals surface area contributed by atoms with Crippen molar-refractivity contribution >= 4 is 5.97 Å². The Morgan fingerprint density at radius 1 is 0.776 bits per heavy atom. The zero-order chi connectivity index (χ0) is 35.0. The molecule has 278 valence electrons. The highest BCUT2D eigenvalue weighted by atomic mass is 16.7. The van der Waals surface area contributed by atoms with E-state index in [4.69, 9.17) is 23.7 Å². The number of carbonyl (C=O) groups is 1. The van der Waals surface area contributed by atoms with Gasteiger partial charge in [-0.3, -0.25) is 0 Å². The molecule has 18 atom stereocenters. The molecular weight excluding hydrogens is 644 g/mol. The summed E-state index contributed by atoms with van der Waals surface area (Å²) in [7, 11) is 0. The predicted octanol–water partition coefficient (Wildman–Crippen LogP) is -0.747. The molecule has 3 heterocycles. The van der Waals surface area contributed by atoms with Gasteiger partial charge < -0.3 is 64.5 Å². The van der Waals surface area contributed by atoms with Crippen LogP contribution >= 0.6 is 0 Å². The SMILES string of the molecule is C[C@]12CCC(OC3OC(CO)C(OC4OC(CO)C(O)C(O)C4O)C(O)C3O)CC1CC[C@@H]1[C@@H]2CC[C@]2(C)[C@@H](C3=CC(=O)OC3)CC[C@]12O. The molecule has 2 saturated heterocycles. The predicted molar refractivity (Wildman–Crippen MR) is 167 cm³/mol. The molecule has 0 amide bonds. The van der Waals surface area contributed by atoms with E-state index in [0.717, 1.165) is 56.9 Å². The maximum absolute atomic E-state index is 12.5. The van der Waals surface area contributed by atoms with E-state index in [1.165, 1.54) is 0 Å². The van der Waals surface area contributed by atoms with Crippen LogP contribution in [0.25, 0.3) is 0 Å². The molecule has 8 N–H and O–H groups in total. The van der Waals surface area contributed by atoms with Gasteiger partial charge in [-0.2, -0.15) is 0 Å². The number of esters is 1. The summed E-state index contributed by atoms with van der Waals surface area (Å²) in [6, 6.07) is 0. The van der Waals surface area contributed by atoms with E-state index >= 15 is 0 Å². The lowest BCUT2D eigenvalue weighted by Gasteiger charge is -2.64. The lowest BCUT2D eigenvalue weighted by Crippen LogP contribution is -2.65. The zero-order valence-electron chi connectivity index (χ0n) is 28.3. The highest BCUT2D eigenvalue weighted by Gasteiger charge is 2.68. The summed E-state index contributed by atoms with van der Waals surface area (Å²) < 4.78 is 28.6. The lowest BCUT2D eigenvalue weighted by atomic mass is 9.43. The molecule has 14 nitrogen and oxygen atoms in total. The summed E-state index contributed by atoms with van der Waals surface area (Å²) in [6.07, 6.45) is -5.96. The third kappa shape index (κ3) is 5.73. The molecule has 7 aliphatic rings. The molecule has 7 rings (SSSR count). The second kappa shape index (κ2) is 13.3. The maximum atomic E-state index is 12.5. The fraction of sp³-hybridized carbons (Fsp3) is 0.914. The van der Waals surface area contributed by atoms with E-state index in [-0.39, 0.29) is 34.7 Å². The van der Waals surface area contributed by atoms with Gasteiger partial charge in [0, 0.05) is 11.5 Å². The van der Waals surface area contributed by atoms with Crippen molar-refractivity contribution in [3.05, 3.63) is 11.6 Å². The minimum Gasteiger partial charge on any atom is -0.458 e. The van der Waals surface area contributed by atoms with Crippen molar-refractivity contribution < 1.29 is 69.3 Å². The molecule has 0 aromatic rings. The van der Waals surface area contributed by atoms with Gasteiger partial charge in [0.05, 0.1) is 24.9 Å². The van der Waals surface area contributed by atoms with Gasteiger partial charge in [-0.25, -0.2) is 4.79 Å². The molecule has 12 unspecified atom stereocenters. The maximum Gasteiger partial charge on any atom is 0.331 e. The van der Waals surface area contributed by atoms with Crippen molar-refractivity contribution in [3.8, 4) is 0 Å². The average Bonchev–Trinajstić information content (AvgIpc) is 3.63. The summed E-state index contributed by atoms with van der Waals surface area (Å²) in [5, 5.41) is 84.9. The molecule has 4 aliphatic carbocycles. The van der Waals surface area contributed by atoms with Crippen molar-refractivity contribution in [2.45, 2.75) is 145 Å². The fourth-order valence-electron chi connectivity index (χ4n) is 11.4. The van der Waals surface area contributed by atoms with E-state index in [1.807, 2.05) is 0 Å². The Morgan fingerprint density at radius 3 is 2.16 bits per heavy atom. The van der Waals surface area contributed by atoms with Crippen LogP contribution in [0.5, 0.6) is 0 Å². The number of hydrogen-bond donors (Lipinski definition) is 8. The Bertz CT molecular complexity index is 1260. The van der Waals surface area contributed by atoms with Crippen LogP contribution in [0.15, 0.2) is 11.6 Å². The van der Waals surface area contributed by atoms with Gasteiger partial charge in [-0.1, -0.05) is 13.8 Å². The van der Waals surface area contributed by atoms with Crippen LogP contribution in [0, 0.1) is 34.5 Å². The summed E-state index contributed by atoms with van der Waals surface area (Å²) in [5.41, 5.74) is -0.0991. The van der Waals surface area contributed by atoms with Crippen molar-refractivity contribution in [1.29, 1.82) is 0 Å². The quantitative estimate of drug-likeness (QED) is 0.121. The third-order valence-electron chi connectivity index (χ3n) is 14.2. The van der Waals surface area contributed by atoms with Gasteiger partial charge in [-0.15, -0.1) is 0 Å². The van der Waals surface area contributed by atoms with Gasteiger partial charge in [0.1, 0.15) is 55.4 Å². The number of aliphatic hydroxyl groups is 8. The molecular formula is C35H54O14. The molecule has 0 radical (unpaired) electrons. The Balaban J connectivity index is 0.990. The van der Waals surface area contributed by atoms with E-state index < -0.39 is 80.2 Å². The number of carbonyl (C=O) groups excluding carboxylic acids is 1. The summed E-state index contributed by atoms with van der Waals surface area (Å²) in [5.74, 6) is 0.683. The summed E-state index contributed by atoms with van der Waals surface area (Å²) in [4.78, 5) is 11.9. The van der Waals surface area contributed by atoms with Crippen LogP contribution < -0.4 is 0 Å². The highest BCUT2D eigenvalue weighted by Crippen LogP contribution is 2.70. The monoisotopic (exact) mass is 698 g/mol. The topological polar surface area (TPSA) is 225 Å². The normalized spacial score (nSPS) is 54.4. The van der Waals surface area contributed by atoms with Crippen LogP contribution in [0.3, 0.4) is 0 Å².